The van der Waals surface area contributed by atoms with Gasteiger partial charge in [-0.2, -0.15) is 13.2 Å². The summed E-state index contributed by atoms with van der Waals surface area (Å²) in [5, 5.41) is 28.0. The number of fused-ring (bicyclic) bond motifs is 24. The van der Waals surface area contributed by atoms with E-state index in [2.05, 4.69) is 310 Å². The van der Waals surface area contributed by atoms with Gasteiger partial charge in [-0.1, -0.05) is 163 Å². The maximum Gasteiger partial charge on any atom is 0.416 e. The van der Waals surface area contributed by atoms with Gasteiger partial charge in [-0.15, -0.1) is 0 Å². The molecule has 25 aromatic rings. The van der Waals surface area contributed by atoms with Crippen LogP contribution in [0.3, 0.4) is 0 Å². The molecule has 25 rings (SSSR count). The number of rotatable bonds is 8. The summed E-state index contributed by atoms with van der Waals surface area (Å²) in [6.07, 6.45) is -4.46. The highest BCUT2D eigenvalue weighted by molar-refractivity contribution is 7.99. The maximum atomic E-state index is 14.2. The van der Waals surface area contributed by atoms with Gasteiger partial charge in [0.25, 0.3) is 0 Å². The van der Waals surface area contributed by atoms with Crippen molar-refractivity contribution in [3.8, 4) is 61.4 Å². The standard InChI is InChI=1S/C104H58F3N3OS/c1-111-80-31-25-58(26-32-80)77-47-89-83-39-60-9-5-7-11-62(60)51-95(83)108-97-53-68-19-15-64(37-74(68)43-87(97)93(48-77)101(89)108)66-17-21-70-55-99-85(41-72(70)35-66)91-45-76(57-23-29-79(30-24-57)104(105,106)107)46-92-86-42-73-36-67(18-22-71(73)56-100(86)110(99)103(91)92)65-16-20-69-54-98-88(44-75(69)38-65)94-50-78(59-27-33-82(34-28-59)112-81-13-3-2-4-14-81)49-90-84-40-61-10-6-8-12-63(61)52-96(84)109(98)102(90)94/h2-56H,1H3. The third-order valence-corrected chi connectivity index (χ3v) is 25.6. The summed E-state index contributed by atoms with van der Waals surface area (Å²) in [6, 6.07) is 121. The summed E-state index contributed by atoms with van der Waals surface area (Å²) in [5.74, 6) is 0.827. The van der Waals surface area contributed by atoms with Gasteiger partial charge in [0.2, 0.25) is 0 Å². The number of benzene rings is 19. The number of nitrogens with zero attached hydrogens (tertiary/aromatic N) is 3. The monoisotopic (exact) mass is 1450 g/mol. The van der Waals surface area contributed by atoms with Crippen LogP contribution in [0.25, 0.3) is 235 Å². The molecule has 0 aliphatic heterocycles. The zero-order valence-electron chi connectivity index (χ0n) is 60.0. The predicted molar refractivity (Wildman–Crippen MR) is 465 cm³/mol. The van der Waals surface area contributed by atoms with Gasteiger partial charge in [0.15, 0.2) is 0 Å². The molecule has 6 aromatic heterocycles. The molecule has 0 atom stereocenters. The second kappa shape index (κ2) is 22.6. The Morgan fingerprint density at radius 2 is 0.482 bits per heavy atom. The molecule has 0 bridgehead atoms. The van der Waals surface area contributed by atoms with Crippen molar-refractivity contribution in [2.24, 2.45) is 0 Å². The Kier molecular flexibility index (Phi) is 12.5. The fourth-order valence-corrected chi connectivity index (χ4v) is 20.0. The second-order valence-electron chi connectivity index (χ2n) is 30.7. The van der Waals surface area contributed by atoms with Gasteiger partial charge in [0, 0.05) is 74.4 Å². The Balaban J connectivity index is 0.614. The first-order chi connectivity index (χ1) is 55.0. The fourth-order valence-electron chi connectivity index (χ4n) is 19.2. The summed E-state index contributed by atoms with van der Waals surface area (Å²) in [5.41, 5.74) is 20.5. The van der Waals surface area contributed by atoms with Gasteiger partial charge in [-0.05, 0) is 302 Å². The largest absolute Gasteiger partial charge is 0.497 e. The minimum atomic E-state index is -4.46. The van der Waals surface area contributed by atoms with Crippen LogP contribution in [0.15, 0.2) is 343 Å². The Hall–Kier alpha value is -13.9. The molecule has 0 N–H and O–H groups in total. The van der Waals surface area contributed by atoms with Gasteiger partial charge in [-0.25, -0.2) is 0 Å². The first-order valence-corrected chi connectivity index (χ1v) is 38.8. The molecule has 0 aliphatic carbocycles. The van der Waals surface area contributed by atoms with Crippen LogP contribution in [-0.2, 0) is 6.18 Å². The van der Waals surface area contributed by atoms with Crippen LogP contribution >= 0.6 is 11.8 Å². The molecular weight excluding hydrogens is 1400 g/mol. The lowest BCUT2D eigenvalue weighted by atomic mass is 9.95. The minimum Gasteiger partial charge on any atom is -0.497 e. The van der Waals surface area contributed by atoms with Crippen LogP contribution in [0.4, 0.5) is 13.2 Å². The smallest absolute Gasteiger partial charge is 0.416 e. The van der Waals surface area contributed by atoms with Crippen molar-refractivity contribution in [1.82, 2.24) is 13.2 Å². The van der Waals surface area contributed by atoms with E-state index in [1.54, 1.807) is 31.0 Å². The van der Waals surface area contributed by atoms with Gasteiger partial charge in [-0.3, -0.25) is 0 Å². The van der Waals surface area contributed by atoms with Crippen molar-refractivity contribution in [3.63, 3.8) is 0 Å². The first-order valence-electron chi connectivity index (χ1n) is 38.0. The average Bonchev–Trinajstić information content (AvgIpc) is 1.54. The van der Waals surface area contributed by atoms with E-state index in [0.29, 0.717) is 0 Å². The third-order valence-electron chi connectivity index (χ3n) is 24.5. The Labute approximate surface area is 641 Å². The van der Waals surface area contributed by atoms with E-state index in [1.165, 1.54) is 142 Å². The van der Waals surface area contributed by atoms with E-state index < -0.39 is 11.7 Å². The lowest BCUT2D eigenvalue weighted by Crippen LogP contribution is -2.03. The highest BCUT2D eigenvalue weighted by Crippen LogP contribution is 2.50. The molecule has 0 saturated carbocycles. The predicted octanol–water partition coefficient (Wildman–Crippen LogP) is 29.6. The van der Waals surface area contributed by atoms with Crippen LogP contribution in [0.1, 0.15) is 5.56 Å². The van der Waals surface area contributed by atoms with Gasteiger partial charge < -0.3 is 17.9 Å². The normalized spacial score (nSPS) is 12.7. The van der Waals surface area contributed by atoms with Crippen molar-refractivity contribution < 1.29 is 17.9 Å². The molecule has 0 unspecified atom stereocenters. The zero-order valence-corrected chi connectivity index (χ0v) is 60.9. The van der Waals surface area contributed by atoms with Crippen LogP contribution in [-0.4, -0.2) is 20.3 Å². The number of methoxy groups -OCH3 is 1. The fraction of sp³-hybridized carbons (Fsp3) is 0.0192. The molecule has 4 nitrogen and oxygen atoms in total. The number of alkyl halides is 3. The lowest BCUT2D eigenvalue weighted by Gasteiger charge is -2.10. The van der Waals surface area contributed by atoms with Crippen molar-refractivity contribution in [2.75, 3.05) is 7.11 Å². The maximum absolute atomic E-state index is 14.2. The zero-order chi connectivity index (χ0) is 73.7. The second-order valence-corrected chi connectivity index (χ2v) is 31.8. The summed E-state index contributed by atoms with van der Waals surface area (Å²) in [6.45, 7) is 0. The van der Waals surface area contributed by atoms with Crippen molar-refractivity contribution >= 4 is 191 Å². The number of ether oxygens (including phenoxy) is 1. The summed E-state index contributed by atoms with van der Waals surface area (Å²) in [7, 11) is 1.71. The number of aromatic nitrogens is 3. The Morgan fingerprint density at radius 1 is 0.223 bits per heavy atom. The number of halogens is 3. The van der Waals surface area contributed by atoms with E-state index in [0.717, 1.165) is 121 Å². The molecule has 19 aromatic carbocycles. The molecule has 0 amide bonds. The lowest BCUT2D eigenvalue weighted by molar-refractivity contribution is -0.137. The minimum absolute atomic E-state index is 0.671. The number of hydrogen-bond acceptors (Lipinski definition) is 2. The highest BCUT2D eigenvalue weighted by atomic mass is 32.2. The first kappa shape index (κ1) is 62.0. The van der Waals surface area contributed by atoms with Crippen LogP contribution < -0.4 is 4.74 Å². The average molecular weight is 1450 g/mol. The van der Waals surface area contributed by atoms with Crippen LogP contribution in [0.2, 0.25) is 0 Å². The summed E-state index contributed by atoms with van der Waals surface area (Å²) in [4.78, 5) is 2.42. The molecule has 522 valence electrons. The Bertz CT molecular complexity index is 8350. The van der Waals surface area contributed by atoms with Crippen molar-refractivity contribution in [3.05, 3.63) is 339 Å². The summed E-state index contributed by atoms with van der Waals surface area (Å²) < 4.78 is 55.6. The van der Waals surface area contributed by atoms with Crippen LogP contribution in [0, 0.1) is 0 Å². The molecule has 0 spiro atoms. The topological polar surface area (TPSA) is 22.5 Å². The van der Waals surface area contributed by atoms with Crippen LogP contribution in [0.5, 0.6) is 5.75 Å². The Morgan fingerprint density at radius 3 is 0.795 bits per heavy atom. The molecule has 6 heterocycles. The third kappa shape index (κ3) is 9.03. The van der Waals surface area contributed by atoms with Gasteiger partial charge >= 0.3 is 6.18 Å². The van der Waals surface area contributed by atoms with E-state index in [9.17, 15) is 13.2 Å². The van der Waals surface area contributed by atoms with Gasteiger partial charge in [0.1, 0.15) is 5.75 Å². The highest BCUT2D eigenvalue weighted by Gasteiger charge is 2.31. The van der Waals surface area contributed by atoms with E-state index in [-0.39, 0.29) is 0 Å². The SMILES string of the molecule is COc1ccc(-c2cc3c4cc5ccccc5cc4n4c5cc6ccc(-c7ccc8cc9c(cc8c7)c7cc(-c8ccc(C(F)(F)F)cc8)cc8c%10cc%11cc(-c%12ccc%13cc%14c(cc%13c%12)c%12cc(-c%13ccc(Sc%15ccccc%15)cc%13)cc%13c%15cc%16ccccc%16cc%15n%14c%13%12)ccc%11cc%10n9c78)cc6cc5c(c2)c34)cc1. The van der Waals surface area contributed by atoms with Gasteiger partial charge in [0.05, 0.1) is 62.3 Å². The molecule has 0 saturated heterocycles. The number of hydrogen-bond donors (Lipinski definition) is 0. The molecular formula is C104H58F3N3OS. The molecule has 112 heavy (non-hydrogen) atoms. The van der Waals surface area contributed by atoms with E-state index in [4.69, 9.17) is 4.74 Å². The summed E-state index contributed by atoms with van der Waals surface area (Å²) >= 11 is 1.78. The van der Waals surface area contributed by atoms with E-state index in [1.807, 2.05) is 12.1 Å². The molecule has 0 radical (unpaired) electrons. The quantitative estimate of drug-likeness (QED) is 0.151. The van der Waals surface area contributed by atoms with E-state index >= 15 is 0 Å². The van der Waals surface area contributed by atoms with Crippen molar-refractivity contribution in [2.45, 2.75) is 16.0 Å². The molecule has 0 fully saturated rings. The van der Waals surface area contributed by atoms with Crippen molar-refractivity contribution in [1.29, 1.82) is 0 Å². The molecule has 0 aliphatic rings. The molecule has 8 heteroatoms.